The van der Waals surface area contributed by atoms with Crippen LogP contribution in [0.15, 0.2) is 6.20 Å². The number of anilines is 1. The summed E-state index contributed by atoms with van der Waals surface area (Å²) in [5, 5.41) is 3.45. The lowest BCUT2D eigenvalue weighted by atomic mass is 10.2. The highest BCUT2D eigenvalue weighted by Gasteiger charge is 2.18. The molecule has 0 saturated heterocycles. The zero-order valence-electron chi connectivity index (χ0n) is 11.9. The van der Waals surface area contributed by atoms with Crippen molar-refractivity contribution < 1.29 is 0 Å². The van der Waals surface area contributed by atoms with E-state index in [0.717, 1.165) is 37.3 Å². The van der Waals surface area contributed by atoms with Gasteiger partial charge in [-0.05, 0) is 33.7 Å². The molecule has 0 amide bonds. The van der Waals surface area contributed by atoms with E-state index in [-0.39, 0.29) is 0 Å². The van der Waals surface area contributed by atoms with Crippen LogP contribution in [0.5, 0.6) is 0 Å². The third kappa shape index (κ3) is 3.25. The maximum absolute atomic E-state index is 4.51. The average Bonchev–Trinajstić information content (AvgIpc) is 2.98. The Bertz CT molecular complexity index is 366. The second kappa shape index (κ2) is 6.23. The molecule has 0 spiro atoms. The monoisotopic (exact) mass is 250 g/mol. The summed E-state index contributed by atoms with van der Waals surface area (Å²) >= 11 is 0. The molecule has 0 radical (unpaired) electrons. The fourth-order valence-electron chi connectivity index (χ4n) is 2.80. The molecule has 1 aliphatic rings. The van der Waals surface area contributed by atoms with Crippen LogP contribution >= 0.6 is 0 Å². The Balaban J connectivity index is 1.77. The minimum atomic E-state index is 0.805. The van der Waals surface area contributed by atoms with E-state index in [9.17, 15) is 0 Å². The van der Waals surface area contributed by atoms with E-state index in [1.54, 1.807) is 0 Å². The van der Waals surface area contributed by atoms with Crippen LogP contribution in [0.1, 0.15) is 38.3 Å². The molecule has 0 unspecified atom stereocenters. The lowest BCUT2D eigenvalue weighted by Crippen LogP contribution is -2.33. The van der Waals surface area contributed by atoms with Crippen LogP contribution in [0.4, 0.5) is 5.95 Å². The van der Waals surface area contributed by atoms with Crippen LogP contribution in [-0.4, -0.2) is 40.6 Å². The molecule has 1 aromatic rings. The van der Waals surface area contributed by atoms with Crippen molar-refractivity contribution in [2.75, 3.05) is 25.5 Å². The molecule has 1 fully saturated rings. The van der Waals surface area contributed by atoms with Gasteiger partial charge in [-0.1, -0.05) is 12.8 Å². The van der Waals surface area contributed by atoms with Gasteiger partial charge in [0.15, 0.2) is 0 Å². The van der Waals surface area contributed by atoms with E-state index in [1.807, 2.05) is 6.92 Å². The van der Waals surface area contributed by atoms with Crippen molar-refractivity contribution in [2.24, 2.45) is 0 Å². The number of hydrogen-bond acceptors (Lipinski definition) is 3. The lowest BCUT2D eigenvalue weighted by molar-refractivity contribution is 0.254. The number of hydrogen-bond donors (Lipinski definition) is 1. The Morgan fingerprint density at radius 3 is 2.83 bits per heavy atom. The van der Waals surface area contributed by atoms with Gasteiger partial charge in [-0.2, -0.15) is 0 Å². The summed E-state index contributed by atoms with van der Waals surface area (Å²) in [6.45, 7) is 7.24. The maximum atomic E-state index is 4.51. The predicted octanol–water partition coefficient (Wildman–Crippen LogP) is 2.50. The minimum absolute atomic E-state index is 0.805. The number of rotatable bonds is 6. The molecular weight excluding hydrogens is 224 g/mol. The van der Waals surface area contributed by atoms with Crippen molar-refractivity contribution in [1.82, 2.24) is 14.5 Å². The third-order valence-electron chi connectivity index (χ3n) is 3.93. The summed E-state index contributed by atoms with van der Waals surface area (Å²) in [6.07, 6.45) is 7.66. The Kier molecular flexibility index (Phi) is 4.64. The standard InChI is InChI=1S/C14H26N4/c1-4-18-11-12(2)16-14(18)15-9-10-17(3)13-7-5-6-8-13/h11,13H,4-10H2,1-3H3,(H,15,16). The molecule has 102 valence electrons. The summed E-state index contributed by atoms with van der Waals surface area (Å²) in [5.41, 5.74) is 1.09. The Morgan fingerprint density at radius 1 is 1.44 bits per heavy atom. The predicted molar refractivity (Wildman–Crippen MR) is 76.0 cm³/mol. The van der Waals surface area contributed by atoms with Gasteiger partial charge in [-0.3, -0.25) is 0 Å². The molecule has 1 aliphatic carbocycles. The summed E-state index contributed by atoms with van der Waals surface area (Å²) in [7, 11) is 2.25. The molecular formula is C14H26N4. The second-order valence-electron chi connectivity index (χ2n) is 5.34. The first-order valence-corrected chi connectivity index (χ1v) is 7.18. The minimum Gasteiger partial charge on any atom is -0.354 e. The summed E-state index contributed by atoms with van der Waals surface area (Å²) in [6, 6.07) is 0.805. The van der Waals surface area contributed by atoms with Gasteiger partial charge >= 0.3 is 0 Å². The molecule has 4 heteroatoms. The highest BCUT2D eigenvalue weighted by atomic mass is 15.2. The molecule has 0 aromatic carbocycles. The number of aryl methyl sites for hydroxylation is 2. The molecule has 1 N–H and O–H groups in total. The van der Waals surface area contributed by atoms with Crippen molar-refractivity contribution in [1.29, 1.82) is 0 Å². The fraction of sp³-hybridized carbons (Fsp3) is 0.786. The normalized spacial score (nSPS) is 16.7. The largest absolute Gasteiger partial charge is 0.354 e. The maximum Gasteiger partial charge on any atom is 0.203 e. The van der Waals surface area contributed by atoms with Crippen LogP contribution in [0.2, 0.25) is 0 Å². The van der Waals surface area contributed by atoms with Crippen molar-refractivity contribution in [3.8, 4) is 0 Å². The van der Waals surface area contributed by atoms with Crippen LogP contribution in [0.3, 0.4) is 0 Å². The van der Waals surface area contributed by atoms with E-state index < -0.39 is 0 Å². The van der Waals surface area contributed by atoms with E-state index in [1.165, 1.54) is 25.7 Å². The molecule has 1 aromatic heterocycles. The first-order valence-electron chi connectivity index (χ1n) is 7.18. The molecule has 0 aliphatic heterocycles. The van der Waals surface area contributed by atoms with Crippen molar-refractivity contribution >= 4 is 5.95 Å². The molecule has 1 heterocycles. The molecule has 4 nitrogen and oxygen atoms in total. The Hall–Kier alpha value is -1.03. The van der Waals surface area contributed by atoms with E-state index in [2.05, 4.69) is 39.9 Å². The second-order valence-corrected chi connectivity index (χ2v) is 5.34. The zero-order valence-corrected chi connectivity index (χ0v) is 11.9. The quantitative estimate of drug-likeness (QED) is 0.842. The highest BCUT2D eigenvalue weighted by Crippen LogP contribution is 2.21. The van der Waals surface area contributed by atoms with Gasteiger partial charge in [0.25, 0.3) is 0 Å². The van der Waals surface area contributed by atoms with Gasteiger partial charge in [-0.25, -0.2) is 4.98 Å². The summed E-state index contributed by atoms with van der Waals surface area (Å²) in [5.74, 6) is 1.01. The van der Waals surface area contributed by atoms with Crippen molar-refractivity contribution in [3.05, 3.63) is 11.9 Å². The lowest BCUT2D eigenvalue weighted by Gasteiger charge is -2.24. The Labute approximate surface area is 110 Å². The fourth-order valence-corrected chi connectivity index (χ4v) is 2.80. The van der Waals surface area contributed by atoms with E-state index in [0.29, 0.717) is 0 Å². The van der Waals surface area contributed by atoms with Gasteiger partial charge in [0.2, 0.25) is 5.95 Å². The SMILES string of the molecule is CCn1cc(C)nc1NCCN(C)C1CCCC1. The van der Waals surface area contributed by atoms with Crippen LogP contribution in [0.25, 0.3) is 0 Å². The number of imidazole rings is 1. The number of nitrogens with one attached hydrogen (secondary N) is 1. The topological polar surface area (TPSA) is 33.1 Å². The first kappa shape index (κ1) is 13.4. The molecule has 18 heavy (non-hydrogen) atoms. The smallest absolute Gasteiger partial charge is 0.203 e. The van der Waals surface area contributed by atoms with Gasteiger partial charge in [0.05, 0.1) is 5.69 Å². The van der Waals surface area contributed by atoms with Gasteiger partial charge in [0.1, 0.15) is 0 Å². The summed E-state index contributed by atoms with van der Waals surface area (Å²) < 4.78 is 2.17. The Morgan fingerprint density at radius 2 is 2.17 bits per heavy atom. The van der Waals surface area contributed by atoms with E-state index in [4.69, 9.17) is 0 Å². The number of nitrogens with zero attached hydrogens (tertiary/aromatic N) is 3. The van der Waals surface area contributed by atoms with E-state index >= 15 is 0 Å². The average molecular weight is 250 g/mol. The van der Waals surface area contributed by atoms with Crippen LogP contribution in [0, 0.1) is 6.92 Å². The summed E-state index contributed by atoms with van der Waals surface area (Å²) in [4.78, 5) is 7.00. The molecule has 0 atom stereocenters. The third-order valence-corrected chi connectivity index (χ3v) is 3.93. The van der Waals surface area contributed by atoms with Gasteiger partial charge < -0.3 is 14.8 Å². The van der Waals surface area contributed by atoms with Crippen molar-refractivity contribution in [3.63, 3.8) is 0 Å². The van der Waals surface area contributed by atoms with Crippen molar-refractivity contribution in [2.45, 2.75) is 52.1 Å². The van der Waals surface area contributed by atoms with Crippen LogP contribution < -0.4 is 5.32 Å². The van der Waals surface area contributed by atoms with Crippen LogP contribution in [-0.2, 0) is 6.54 Å². The molecule has 2 rings (SSSR count). The van der Waals surface area contributed by atoms with Gasteiger partial charge in [-0.15, -0.1) is 0 Å². The molecule has 1 saturated carbocycles. The zero-order chi connectivity index (χ0) is 13.0. The highest BCUT2D eigenvalue weighted by molar-refractivity contribution is 5.28. The first-order chi connectivity index (χ1) is 8.70. The van der Waals surface area contributed by atoms with Gasteiger partial charge in [0, 0.05) is 31.9 Å². The number of aromatic nitrogens is 2. The molecule has 0 bridgehead atoms. The number of likely N-dealkylation sites (N-methyl/N-ethyl adjacent to an activating group) is 1.